The molecular weight excluding hydrogens is 448 g/mol. The molecule has 33 heavy (non-hydrogen) atoms. The number of nitrogens with one attached hydrogen (secondary N) is 2. The number of ketones is 1. The molecule has 2 aromatic carbocycles. The van der Waals surface area contributed by atoms with Crippen molar-refractivity contribution in [2.45, 2.75) is 24.8 Å². The Morgan fingerprint density at radius 3 is 2.36 bits per heavy atom. The number of aromatic hydroxyl groups is 1. The van der Waals surface area contributed by atoms with Crippen molar-refractivity contribution in [3.8, 4) is 17.2 Å². The third-order valence-corrected chi connectivity index (χ3v) is 6.26. The average Bonchev–Trinajstić information content (AvgIpc) is 3.18. The molecule has 0 radical (unpaired) electrons. The Balaban J connectivity index is 1.62. The van der Waals surface area contributed by atoms with E-state index in [9.17, 15) is 9.90 Å². The van der Waals surface area contributed by atoms with Gasteiger partial charge in [-0.25, -0.2) is 4.63 Å². The number of carbonyl (C=O) groups is 1. The maximum absolute atomic E-state index is 13.5. The van der Waals surface area contributed by atoms with Gasteiger partial charge < -0.3 is 25.2 Å². The van der Waals surface area contributed by atoms with Crippen LogP contribution in [0.1, 0.15) is 35.9 Å². The van der Waals surface area contributed by atoms with Crippen molar-refractivity contribution in [3.63, 3.8) is 0 Å². The predicted octanol–water partition coefficient (Wildman–Crippen LogP) is 4.43. The van der Waals surface area contributed by atoms with Crippen LogP contribution in [0.25, 0.3) is 0 Å². The Kier molecular flexibility index (Phi) is 5.33. The second-order valence-electron chi connectivity index (χ2n) is 7.91. The van der Waals surface area contributed by atoms with Gasteiger partial charge in [-0.3, -0.25) is 4.79 Å². The number of methoxy groups -OCH3 is 2. The number of anilines is 2. The van der Waals surface area contributed by atoms with Gasteiger partial charge in [-0.1, -0.05) is 23.7 Å². The van der Waals surface area contributed by atoms with Crippen LogP contribution in [0.4, 0.5) is 11.6 Å². The van der Waals surface area contributed by atoms with Gasteiger partial charge in [0.15, 0.2) is 17.3 Å². The van der Waals surface area contributed by atoms with Gasteiger partial charge in [-0.05, 0) is 58.0 Å². The van der Waals surface area contributed by atoms with Crippen LogP contribution < -0.4 is 20.1 Å². The highest BCUT2D eigenvalue weighted by Gasteiger charge is 2.38. The lowest BCUT2D eigenvalue weighted by Gasteiger charge is -2.30. The van der Waals surface area contributed by atoms with E-state index in [0.29, 0.717) is 40.6 Å². The lowest BCUT2D eigenvalue weighted by atomic mass is 9.78. The molecule has 0 bridgehead atoms. The van der Waals surface area contributed by atoms with E-state index in [4.69, 9.17) is 25.7 Å². The summed E-state index contributed by atoms with van der Waals surface area (Å²) in [7, 11) is 2.90. The Morgan fingerprint density at radius 2 is 1.70 bits per heavy atom. The Hall–Kier alpha value is -3.72. The third kappa shape index (κ3) is 3.74. The highest BCUT2D eigenvalue weighted by Crippen LogP contribution is 2.46. The van der Waals surface area contributed by atoms with E-state index in [1.165, 1.54) is 14.2 Å². The number of phenols is 1. The summed E-state index contributed by atoms with van der Waals surface area (Å²) in [5.74, 6) is 1.06. The number of ether oxygens (including phenoxy) is 2. The van der Waals surface area contributed by atoms with E-state index in [-0.39, 0.29) is 28.9 Å². The first-order valence-corrected chi connectivity index (χ1v) is 10.7. The normalized spacial score (nSPS) is 19.7. The van der Waals surface area contributed by atoms with Gasteiger partial charge in [0.05, 0.1) is 20.3 Å². The van der Waals surface area contributed by atoms with Crippen LogP contribution in [0.15, 0.2) is 52.3 Å². The lowest BCUT2D eigenvalue weighted by Crippen LogP contribution is -2.27. The summed E-state index contributed by atoms with van der Waals surface area (Å²) in [4.78, 5) is 13.5. The molecule has 2 atom stereocenters. The molecule has 2 heterocycles. The maximum atomic E-state index is 13.5. The molecule has 1 aliphatic heterocycles. The quantitative estimate of drug-likeness (QED) is 0.511. The minimum Gasteiger partial charge on any atom is -0.502 e. The van der Waals surface area contributed by atoms with Gasteiger partial charge in [-0.15, -0.1) is 0 Å². The summed E-state index contributed by atoms with van der Waals surface area (Å²) in [6, 6.07) is 10.3. The third-order valence-electron chi connectivity index (χ3n) is 6.01. The number of allylic oxidation sites excluding steroid dienone is 1. The molecule has 0 saturated heterocycles. The first-order valence-electron chi connectivity index (χ1n) is 10.3. The zero-order valence-electron chi connectivity index (χ0n) is 17.9. The maximum Gasteiger partial charge on any atom is 0.219 e. The van der Waals surface area contributed by atoms with Gasteiger partial charge in [-0.2, -0.15) is 0 Å². The Morgan fingerprint density at radius 1 is 1.03 bits per heavy atom. The minimum atomic E-state index is -0.595. The lowest BCUT2D eigenvalue weighted by molar-refractivity contribution is -0.116. The fourth-order valence-electron chi connectivity index (χ4n) is 4.40. The second kappa shape index (κ2) is 8.32. The van der Waals surface area contributed by atoms with Crippen LogP contribution in [-0.2, 0) is 4.79 Å². The summed E-state index contributed by atoms with van der Waals surface area (Å²) in [5, 5.41) is 25.4. The van der Waals surface area contributed by atoms with Crippen molar-refractivity contribution in [1.29, 1.82) is 0 Å². The van der Waals surface area contributed by atoms with Crippen molar-refractivity contribution in [3.05, 3.63) is 63.8 Å². The highest BCUT2D eigenvalue weighted by atomic mass is 35.5. The molecule has 0 unspecified atom stereocenters. The monoisotopic (exact) mass is 468 g/mol. The second-order valence-corrected chi connectivity index (χ2v) is 8.35. The molecule has 0 spiro atoms. The zero-order chi connectivity index (χ0) is 23.1. The molecule has 2 aliphatic rings. The summed E-state index contributed by atoms with van der Waals surface area (Å²) in [6.07, 6.45) is 0.918. The van der Waals surface area contributed by atoms with Crippen molar-refractivity contribution in [1.82, 2.24) is 10.3 Å². The molecule has 1 aromatic heterocycles. The number of halogens is 1. The molecular formula is C23H21ClN4O5. The average molecular weight is 469 g/mol. The number of hydrogen-bond donors (Lipinski definition) is 3. The van der Waals surface area contributed by atoms with Gasteiger partial charge in [0.1, 0.15) is 0 Å². The molecule has 10 heteroatoms. The molecule has 5 rings (SSSR count). The van der Waals surface area contributed by atoms with E-state index in [1.54, 1.807) is 12.1 Å². The SMILES string of the molecule is COc1cc([C@H]2Nc3nonc3NC3=C2C(=O)C[C@@H](c2ccc(Cl)cc2)C3)cc(OC)c1O. The summed E-state index contributed by atoms with van der Waals surface area (Å²) in [5.41, 5.74) is 2.98. The number of carbonyl (C=O) groups excluding carboxylic acids is 1. The summed E-state index contributed by atoms with van der Waals surface area (Å²) < 4.78 is 15.6. The Labute approximate surface area is 194 Å². The largest absolute Gasteiger partial charge is 0.502 e. The number of benzene rings is 2. The highest BCUT2D eigenvalue weighted by molar-refractivity contribution is 6.30. The fraction of sp³-hybridized carbons (Fsp3) is 0.261. The van der Waals surface area contributed by atoms with E-state index in [2.05, 4.69) is 20.9 Å². The van der Waals surface area contributed by atoms with Gasteiger partial charge >= 0.3 is 0 Å². The number of rotatable bonds is 4. The predicted molar refractivity (Wildman–Crippen MR) is 121 cm³/mol. The van der Waals surface area contributed by atoms with E-state index in [0.717, 1.165) is 11.3 Å². The summed E-state index contributed by atoms with van der Waals surface area (Å²) in [6.45, 7) is 0. The van der Waals surface area contributed by atoms with Crippen molar-refractivity contribution in [2.75, 3.05) is 24.9 Å². The van der Waals surface area contributed by atoms with E-state index < -0.39 is 6.04 Å². The van der Waals surface area contributed by atoms with E-state index in [1.807, 2.05) is 24.3 Å². The van der Waals surface area contributed by atoms with Gasteiger partial charge in [0, 0.05) is 22.7 Å². The molecule has 0 amide bonds. The zero-order valence-corrected chi connectivity index (χ0v) is 18.6. The number of fused-ring (bicyclic) bond motifs is 1. The van der Waals surface area contributed by atoms with Crippen LogP contribution >= 0.6 is 11.6 Å². The smallest absolute Gasteiger partial charge is 0.219 e. The van der Waals surface area contributed by atoms with Crippen molar-refractivity contribution >= 4 is 29.0 Å². The number of nitrogens with zero attached hydrogens (tertiary/aromatic N) is 2. The molecule has 3 aromatic rings. The molecule has 0 fully saturated rings. The van der Waals surface area contributed by atoms with Crippen LogP contribution in [0.2, 0.25) is 5.02 Å². The molecule has 1 aliphatic carbocycles. The van der Waals surface area contributed by atoms with Crippen LogP contribution in [0.3, 0.4) is 0 Å². The van der Waals surface area contributed by atoms with Crippen LogP contribution in [0.5, 0.6) is 17.2 Å². The number of hydrogen-bond acceptors (Lipinski definition) is 9. The van der Waals surface area contributed by atoms with Crippen molar-refractivity contribution in [2.24, 2.45) is 0 Å². The molecule has 3 N–H and O–H groups in total. The first kappa shape index (κ1) is 21.1. The molecule has 9 nitrogen and oxygen atoms in total. The topological polar surface area (TPSA) is 119 Å². The standard InChI is InChI=1S/C23H21ClN4O5/c1-31-17-9-13(10-18(32-2)21(17)30)20-19-15(25-22-23(26-20)28-33-27-22)7-12(8-16(19)29)11-3-5-14(24)6-4-11/h3-6,9-10,12,20,30H,7-8H2,1-2H3,(H,25,27)(H,26,28)/t12-,20+/m0/s1. The van der Waals surface area contributed by atoms with Gasteiger partial charge in [0.25, 0.3) is 0 Å². The van der Waals surface area contributed by atoms with Crippen LogP contribution in [0, 0.1) is 0 Å². The van der Waals surface area contributed by atoms with Crippen LogP contribution in [-0.4, -0.2) is 35.4 Å². The molecule has 170 valence electrons. The number of Topliss-reactive ketones (excluding diaryl/α,β-unsaturated/α-hetero) is 1. The first-order chi connectivity index (χ1) is 16.0. The fourth-order valence-corrected chi connectivity index (χ4v) is 4.53. The van der Waals surface area contributed by atoms with Gasteiger partial charge in [0.2, 0.25) is 17.4 Å². The minimum absolute atomic E-state index is 0.0192. The van der Waals surface area contributed by atoms with Crippen molar-refractivity contribution < 1.29 is 24.0 Å². The number of phenolic OH excluding ortho intramolecular Hbond substituents is 1. The Bertz CT molecular complexity index is 1230. The summed E-state index contributed by atoms with van der Waals surface area (Å²) >= 11 is 6.04. The number of aromatic nitrogens is 2. The van der Waals surface area contributed by atoms with E-state index >= 15 is 0 Å². The molecule has 0 saturated carbocycles.